The number of phenols is 1. The van der Waals surface area contributed by atoms with Gasteiger partial charge in [-0.2, -0.15) is 0 Å². The minimum absolute atomic E-state index is 0.0155. The third-order valence-electron chi connectivity index (χ3n) is 5.03. The molecule has 8 heteroatoms. The predicted octanol–water partition coefficient (Wildman–Crippen LogP) is 5.50. The number of oxazole rings is 1. The summed E-state index contributed by atoms with van der Waals surface area (Å²) in [7, 11) is 0. The van der Waals surface area contributed by atoms with E-state index in [1.807, 2.05) is 32.0 Å². The molecule has 1 aromatic heterocycles. The van der Waals surface area contributed by atoms with Gasteiger partial charge in [0.05, 0.1) is 11.7 Å². The number of nitrogens with zero attached hydrogens (tertiary/aromatic N) is 1. The number of aromatic hydroxyl groups is 1. The number of fused-ring (bicyclic) bond motifs is 1. The molecule has 1 heterocycles. The number of carbonyl (C=O) groups is 1. The first kappa shape index (κ1) is 22.3. The Kier molecular flexibility index (Phi) is 6.55. The molecule has 0 radical (unpaired) electrons. The highest BCUT2D eigenvalue weighted by molar-refractivity contribution is 7.80. The summed E-state index contributed by atoms with van der Waals surface area (Å²) in [4.78, 5) is 16.9. The first-order chi connectivity index (χ1) is 15.9. The van der Waals surface area contributed by atoms with Crippen molar-refractivity contribution in [2.45, 2.75) is 26.4 Å². The monoisotopic (exact) mass is 461 g/mol. The number of amides is 1. The summed E-state index contributed by atoms with van der Waals surface area (Å²) in [5.41, 5.74) is 2.73. The fraction of sp³-hybridized carbons (Fsp3) is 0.160. The Morgan fingerprint density at radius 1 is 1.15 bits per heavy atom. The van der Waals surface area contributed by atoms with Gasteiger partial charge in [-0.3, -0.25) is 10.1 Å². The number of ether oxygens (including phenoxy) is 1. The number of anilines is 1. The van der Waals surface area contributed by atoms with Gasteiger partial charge in [-0.05, 0) is 80.2 Å². The van der Waals surface area contributed by atoms with E-state index in [4.69, 9.17) is 21.4 Å². The first-order valence-corrected chi connectivity index (χ1v) is 10.9. The van der Waals surface area contributed by atoms with Gasteiger partial charge in [0.15, 0.2) is 10.7 Å². The van der Waals surface area contributed by atoms with Crippen LogP contribution in [0.25, 0.3) is 22.6 Å². The molecule has 0 aliphatic carbocycles. The van der Waals surface area contributed by atoms with Gasteiger partial charge < -0.3 is 19.6 Å². The molecule has 0 aliphatic heterocycles. The van der Waals surface area contributed by atoms with Gasteiger partial charge in [-0.1, -0.05) is 19.1 Å². The topological polar surface area (TPSA) is 96.6 Å². The Morgan fingerprint density at radius 3 is 2.64 bits per heavy atom. The molecule has 33 heavy (non-hydrogen) atoms. The third kappa shape index (κ3) is 5.30. The van der Waals surface area contributed by atoms with E-state index in [-0.39, 0.29) is 28.8 Å². The van der Waals surface area contributed by atoms with Crippen LogP contribution >= 0.6 is 12.2 Å². The second kappa shape index (κ2) is 9.70. The van der Waals surface area contributed by atoms with Gasteiger partial charge in [0.1, 0.15) is 17.0 Å². The fourth-order valence-electron chi connectivity index (χ4n) is 3.11. The van der Waals surface area contributed by atoms with Crippen LogP contribution in [0.4, 0.5) is 5.69 Å². The lowest BCUT2D eigenvalue weighted by Gasteiger charge is -2.13. The van der Waals surface area contributed by atoms with Crippen molar-refractivity contribution in [3.8, 4) is 23.0 Å². The molecule has 0 saturated carbocycles. The van der Waals surface area contributed by atoms with E-state index in [0.717, 1.165) is 6.42 Å². The molecular weight excluding hydrogens is 438 g/mol. The number of hydrogen-bond donors (Lipinski definition) is 3. The lowest BCUT2D eigenvalue weighted by atomic mass is 10.1. The highest BCUT2D eigenvalue weighted by Gasteiger charge is 2.14. The summed E-state index contributed by atoms with van der Waals surface area (Å²) in [6, 6.07) is 19.0. The third-order valence-corrected chi connectivity index (χ3v) is 5.24. The molecule has 168 valence electrons. The molecule has 1 atom stereocenters. The molecule has 0 aliphatic rings. The lowest BCUT2D eigenvalue weighted by molar-refractivity contribution is 0.0977. The SMILES string of the molecule is CCC(C)Oc1ccc(C(=O)NC(=S)Nc2ccc(O)c(-c3nc4ccccc4o3)c2)cc1. The van der Waals surface area contributed by atoms with E-state index in [0.29, 0.717) is 33.7 Å². The van der Waals surface area contributed by atoms with E-state index in [9.17, 15) is 9.90 Å². The Balaban J connectivity index is 1.43. The molecule has 0 fully saturated rings. The van der Waals surface area contributed by atoms with Crippen LogP contribution < -0.4 is 15.4 Å². The van der Waals surface area contributed by atoms with Crippen LogP contribution in [-0.4, -0.2) is 27.2 Å². The largest absolute Gasteiger partial charge is 0.507 e. The second-order valence-electron chi connectivity index (χ2n) is 7.49. The molecule has 0 spiro atoms. The molecule has 0 bridgehead atoms. The summed E-state index contributed by atoms with van der Waals surface area (Å²) < 4.78 is 11.5. The summed E-state index contributed by atoms with van der Waals surface area (Å²) in [5.74, 6) is 0.659. The van der Waals surface area contributed by atoms with Crippen molar-refractivity contribution in [2.24, 2.45) is 0 Å². The van der Waals surface area contributed by atoms with Gasteiger partial charge in [-0.15, -0.1) is 0 Å². The molecule has 4 rings (SSSR count). The van der Waals surface area contributed by atoms with Crippen molar-refractivity contribution in [3.63, 3.8) is 0 Å². The molecule has 3 aromatic carbocycles. The minimum atomic E-state index is -0.347. The molecule has 4 aromatic rings. The maximum Gasteiger partial charge on any atom is 0.257 e. The second-order valence-corrected chi connectivity index (χ2v) is 7.90. The van der Waals surface area contributed by atoms with Crippen LogP contribution in [0.3, 0.4) is 0 Å². The van der Waals surface area contributed by atoms with E-state index in [2.05, 4.69) is 15.6 Å². The number of para-hydroxylation sites is 2. The van der Waals surface area contributed by atoms with E-state index < -0.39 is 0 Å². The van der Waals surface area contributed by atoms with Crippen molar-refractivity contribution in [3.05, 3.63) is 72.3 Å². The highest BCUT2D eigenvalue weighted by atomic mass is 32.1. The smallest absolute Gasteiger partial charge is 0.257 e. The molecular formula is C25H23N3O4S. The Morgan fingerprint density at radius 2 is 1.91 bits per heavy atom. The first-order valence-electron chi connectivity index (χ1n) is 10.5. The van der Waals surface area contributed by atoms with E-state index in [1.54, 1.807) is 42.5 Å². The molecule has 1 unspecified atom stereocenters. The van der Waals surface area contributed by atoms with Crippen LogP contribution in [0.15, 0.2) is 71.1 Å². The van der Waals surface area contributed by atoms with Crippen LogP contribution in [0.5, 0.6) is 11.5 Å². The average Bonchev–Trinajstić information content (AvgIpc) is 3.24. The molecule has 0 saturated heterocycles. The van der Waals surface area contributed by atoms with Crippen molar-refractivity contribution in [1.82, 2.24) is 10.3 Å². The number of thiocarbonyl (C=S) groups is 1. The molecule has 1 amide bonds. The quantitative estimate of drug-likeness (QED) is 0.257. The van der Waals surface area contributed by atoms with Gasteiger partial charge >= 0.3 is 0 Å². The number of carbonyl (C=O) groups excluding carboxylic acids is 1. The van der Waals surface area contributed by atoms with Gasteiger partial charge in [0, 0.05) is 11.3 Å². The number of benzene rings is 3. The summed E-state index contributed by atoms with van der Waals surface area (Å²) in [6.45, 7) is 4.04. The summed E-state index contributed by atoms with van der Waals surface area (Å²) in [5, 5.41) is 16.0. The van der Waals surface area contributed by atoms with Gasteiger partial charge in [-0.25, -0.2) is 4.98 Å². The summed E-state index contributed by atoms with van der Waals surface area (Å²) >= 11 is 5.29. The highest BCUT2D eigenvalue weighted by Crippen LogP contribution is 2.33. The zero-order chi connectivity index (χ0) is 23.4. The number of aromatic nitrogens is 1. The molecule has 3 N–H and O–H groups in total. The summed E-state index contributed by atoms with van der Waals surface area (Å²) in [6.07, 6.45) is 1.000. The Bertz CT molecular complexity index is 1270. The minimum Gasteiger partial charge on any atom is -0.507 e. The average molecular weight is 462 g/mol. The number of hydrogen-bond acceptors (Lipinski definition) is 6. The zero-order valence-electron chi connectivity index (χ0n) is 18.2. The van der Waals surface area contributed by atoms with Crippen molar-refractivity contribution < 1.29 is 19.1 Å². The van der Waals surface area contributed by atoms with Gasteiger partial charge in [0.25, 0.3) is 5.91 Å². The number of phenolic OH excluding ortho intramolecular Hbond substituents is 1. The number of nitrogens with one attached hydrogen (secondary N) is 2. The standard InChI is InChI=1S/C25H23N3O4S/c1-3-15(2)31-18-11-8-16(9-12-18)23(30)28-25(33)26-17-10-13-21(29)19(14-17)24-27-20-6-4-5-7-22(20)32-24/h4-15,29H,3H2,1-2H3,(H2,26,28,30,33). The lowest BCUT2D eigenvalue weighted by Crippen LogP contribution is -2.34. The van der Waals surface area contributed by atoms with Crippen LogP contribution in [0.1, 0.15) is 30.6 Å². The van der Waals surface area contributed by atoms with Crippen molar-refractivity contribution in [1.29, 1.82) is 0 Å². The van der Waals surface area contributed by atoms with Crippen molar-refractivity contribution in [2.75, 3.05) is 5.32 Å². The number of rotatable bonds is 6. The predicted molar refractivity (Wildman–Crippen MR) is 132 cm³/mol. The van der Waals surface area contributed by atoms with E-state index in [1.165, 1.54) is 6.07 Å². The van der Waals surface area contributed by atoms with Crippen LogP contribution in [-0.2, 0) is 0 Å². The molecule has 7 nitrogen and oxygen atoms in total. The Labute approximate surface area is 196 Å². The maximum absolute atomic E-state index is 12.5. The van der Waals surface area contributed by atoms with Crippen LogP contribution in [0.2, 0.25) is 0 Å². The van der Waals surface area contributed by atoms with E-state index >= 15 is 0 Å². The normalized spacial score (nSPS) is 11.7. The maximum atomic E-state index is 12.5. The van der Waals surface area contributed by atoms with Crippen molar-refractivity contribution >= 4 is 40.0 Å². The van der Waals surface area contributed by atoms with Crippen LogP contribution in [0, 0.1) is 0 Å². The Hall–Kier alpha value is -3.91. The zero-order valence-corrected chi connectivity index (χ0v) is 19.0. The fourth-order valence-corrected chi connectivity index (χ4v) is 3.32. The van der Waals surface area contributed by atoms with Gasteiger partial charge in [0.2, 0.25) is 5.89 Å².